The Bertz CT molecular complexity index is 616. The van der Waals surface area contributed by atoms with Crippen LogP contribution in [0.1, 0.15) is 44.1 Å². The highest BCUT2D eigenvalue weighted by Gasteiger charge is 2.27. The lowest BCUT2D eigenvalue weighted by Gasteiger charge is -2.27. The van der Waals surface area contributed by atoms with Gasteiger partial charge in [-0.15, -0.1) is 0 Å². The number of benzene rings is 1. The van der Waals surface area contributed by atoms with E-state index < -0.39 is 5.60 Å². The van der Waals surface area contributed by atoms with Crippen LogP contribution in [0.25, 0.3) is 10.9 Å². The van der Waals surface area contributed by atoms with E-state index in [1.165, 1.54) is 12.8 Å². The van der Waals surface area contributed by atoms with Gasteiger partial charge in [0.15, 0.2) is 0 Å². The van der Waals surface area contributed by atoms with Gasteiger partial charge in [-0.3, -0.25) is 0 Å². The summed E-state index contributed by atoms with van der Waals surface area (Å²) in [5, 5.41) is 15.3. The summed E-state index contributed by atoms with van der Waals surface area (Å²) < 4.78 is 0. The quantitative estimate of drug-likeness (QED) is 0.836. The first-order chi connectivity index (χ1) is 10.2. The van der Waals surface area contributed by atoms with Gasteiger partial charge in [0.2, 0.25) is 0 Å². The van der Waals surface area contributed by atoms with E-state index in [2.05, 4.69) is 24.4 Å². The summed E-state index contributed by atoms with van der Waals surface area (Å²) in [6.07, 6.45) is 6.54. The molecule has 2 aromatic rings. The molecule has 0 atom stereocenters. The predicted octanol–water partition coefficient (Wildman–Crippen LogP) is 4.04. The molecular formula is C18H24N2O. The molecule has 0 aliphatic heterocycles. The van der Waals surface area contributed by atoms with E-state index in [1.54, 1.807) is 0 Å². The normalized spacial score (nSPS) is 18.4. The van der Waals surface area contributed by atoms with Crippen molar-refractivity contribution in [1.82, 2.24) is 4.98 Å². The average molecular weight is 284 g/mol. The fraction of sp³-hybridized carbons (Fsp3) is 0.500. The summed E-state index contributed by atoms with van der Waals surface area (Å²) in [5.74, 6) is 0.895. The van der Waals surface area contributed by atoms with E-state index >= 15 is 0 Å². The van der Waals surface area contributed by atoms with Crippen molar-refractivity contribution in [1.29, 1.82) is 0 Å². The SMILES string of the molecule is Cc1cc2ccccc2nc1NCC1(O)CCCCCC1. The number of anilines is 1. The first-order valence-electron chi connectivity index (χ1n) is 7.99. The fourth-order valence-corrected chi connectivity index (χ4v) is 3.21. The summed E-state index contributed by atoms with van der Waals surface area (Å²) >= 11 is 0. The van der Waals surface area contributed by atoms with Gasteiger partial charge in [-0.1, -0.05) is 43.9 Å². The number of aliphatic hydroxyl groups is 1. The van der Waals surface area contributed by atoms with E-state index in [-0.39, 0.29) is 0 Å². The number of nitrogens with one attached hydrogen (secondary N) is 1. The molecule has 1 heterocycles. The Morgan fingerprint density at radius 3 is 2.62 bits per heavy atom. The minimum atomic E-state index is -0.573. The predicted molar refractivity (Wildman–Crippen MR) is 87.6 cm³/mol. The zero-order valence-corrected chi connectivity index (χ0v) is 12.7. The molecule has 1 aromatic heterocycles. The van der Waals surface area contributed by atoms with Gasteiger partial charge in [0, 0.05) is 11.9 Å². The maximum atomic E-state index is 10.7. The maximum Gasteiger partial charge on any atom is 0.129 e. The number of hydrogen-bond donors (Lipinski definition) is 2. The van der Waals surface area contributed by atoms with Gasteiger partial charge in [-0.05, 0) is 37.5 Å². The molecule has 3 nitrogen and oxygen atoms in total. The summed E-state index contributed by atoms with van der Waals surface area (Å²) in [6, 6.07) is 10.3. The lowest BCUT2D eigenvalue weighted by atomic mass is 9.94. The van der Waals surface area contributed by atoms with E-state index in [0.29, 0.717) is 6.54 Å². The molecule has 0 amide bonds. The summed E-state index contributed by atoms with van der Waals surface area (Å²) in [4.78, 5) is 4.69. The van der Waals surface area contributed by atoms with Crippen molar-refractivity contribution >= 4 is 16.7 Å². The average Bonchev–Trinajstić information content (AvgIpc) is 2.70. The molecule has 21 heavy (non-hydrogen) atoms. The summed E-state index contributed by atoms with van der Waals surface area (Å²) in [5.41, 5.74) is 1.56. The molecular weight excluding hydrogens is 260 g/mol. The molecule has 3 heteroatoms. The summed E-state index contributed by atoms with van der Waals surface area (Å²) in [7, 11) is 0. The second-order valence-corrected chi connectivity index (χ2v) is 6.34. The molecule has 0 bridgehead atoms. The van der Waals surface area contributed by atoms with Crippen LogP contribution < -0.4 is 5.32 Å². The van der Waals surface area contributed by atoms with Crippen molar-refractivity contribution in [3.8, 4) is 0 Å². The first kappa shape index (κ1) is 14.3. The standard InChI is InChI=1S/C18H24N2O/c1-14-12-15-8-4-5-9-16(15)20-17(14)19-13-18(21)10-6-2-3-7-11-18/h4-5,8-9,12,21H,2-3,6-7,10-11,13H2,1H3,(H,19,20). The van der Waals surface area contributed by atoms with E-state index in [4.69, 9.17) is 4.98 Å². The van der Waals surface area contributed by atoms with Crippen LogP contribution in [0.3, 0.4) is 0 Å². The molecule has 2 N–H and O–H groups in total. The Kier molecular flexibility index (Phi) is 4.11. The molecule has 0 unspecified atom stereocenters. The minimum absolute atomic E-state index is 0.573. The van der Waals surface area contributed by atoms with Crippen LogP contribution in [0.4, 0.5) is 5.82 Å². The van der Waals surface area contributed by atoms with Crippen LogP contribution in [-0.2, 0) is 0 Å². The van der Waals surface area contributed by atoms with Crippen molar-refractivity contribution in [2.45, 2.75) is 51.0 Å². The number of aromatic nitrogens is 1. The molecule has 0 radical (unpaired) electrons. The van der Waals surface area contributed by atoms with Crippen LogP contribution >= 0.6 is 0 Å². The zero-order valence-electron chi connectivity index (χ0n) is 12.7. The number of pyridine rings is 1. The molecule has 0 spiro atoms. The molecule has 0 saturated heterocycles. The first-order valence-corrected chi connectivity index (χ1v) is 7.99. The third-order valence-corrected chi connectivity index (χ3v) is 4.53. The third kappa shape index (κ3) is 3.35. The van der Waals surface area contributed by atoms with Crippen LogP contribution in [0.5, 0.6) is 0 Å². The van der Waals surface area contributed by atoms with Crippen LogP contribution in [0.15, 0.2) is 30.3 Å². The highest BCUT2D eigenvalue weighted by molar-refractivity contribution is 5.81. The fourth-order valence-electron chi connectivity index (χ4n) is 3.21. The minimum Gasteiger partial charge on any atom is -0.388 e. The van der Waals surface area contributed by atoms with Gasteiger partial charge in [0.1, 0.15) is 5.82 Å². The Hall–Kier alpha value is -1.61. The number of nitrogens with zero attached hydrogens (tertiary/aromatic N) is 1. The van der Waals surface area contributed by atoms with E-state index in [1.807, 2.05) is 18.2 Å². The summed E-state index contributed by atoms with van der Waals surface area (Å²) in [6.45, 7) is 2.66. The molecule has 112 valence electrons. The van der Waals surface area contributed by atoms with Crippen molar-refractivity contribution in [3.63, 3.8) is 0 Å². The molecule has 1 saturated carbocycles. The Morgan fingerprint density at radius 2 is 1.86 bits per heavy atom. The van der Waals surface area contributed by atoms with E-state index in [9.17, 15) is 5.11 Å². The lowest BCUT2D eigenvalue weighted by Crippen LogP contribution is -2.36. The van der Waals surface area contributed by atoms with Gasteiger partial charge in [0.05, 0.1) is 11.1 Å². The Balaban J connectivity index is 1.76. The third-order valence-electron chi connectivity index (χ3n) is 4.53. The number of aryl methyl sites for hydroxylation is 1. The smallest absolute Gasteiger partial charge is 0.129 e. The lowest BCUT2D eigenvalue weighted by molar-refractivity contribution is 0.0380. The highest BCUT2D eigenvalue weighted by atomic mass is 16.3. The Morgan fingerprint density at radius 1 is 1.14 bits per heavy atom. The number of fused-ring (bicyclic) bond motifs is 1. The van der Waals surface area contributed by atoms with Gasteiger partial charge in [-0.25, -0.2) is 4.98 Å². The van der Waals surface area contributed by atoms with Crippen LogP contribution in [-0.4, -0.2) is 22.2 Å². The number of hydrogen-bond acceptors (Lipinski definition) is 3. The molecule has 1 aromatic carbocycles. The molecule has 1 aliphatic carbocycles. The van der Waals surface area contributed by atoms with Gasteiger partial charge in [-0.2, -0.15) is 0 Å². The van der Waals surface area contributed by atoms with Crippen molar-refractivity contribution in [3.05, 3.63) is 35.9 Å². The van der Waals surface area contributed by atoms with Crippen LogP contribution in [0, 0.1) is 6.92 Å². The van der Waals surface area contributed by atoms with Gasteiger partial charge >= 0.3 is 0 Å². The molecule has 1 fully saturated rings. The maximum absolute atomic E-state index is 10.7. The molecule has 3 rings (SSSR count). The van der Waals surface area contributed by atoms with Crippen molar-refractivity contribution in [2.24, 2.45) is 0 Å². The number of para-hydroxylation sites is 1. The topological polar surface area (TPSA) is 45.2 Å². The molecule has 1 aliphatic rings. The monoisotopic (exact) mass is 284 g/mol. The van der Waals surface area contributed by atoms with Crippen molar-refractivity contribution < 1.29 is 5.11 Å². The zero-order chi connectivity index (χ0) is 14.7. The Labute approximate surface area is 126 Å². The van der Waals surface area contributed by atoms with E-state index in [0.717, 1.165) is 48.0 Å². The van der Waals surface area contributed by atoms with Gasteiger partial charge in [0.25, 0.3) is 0 Å². The highest BCUT2D eigenvalue weighted by Crippen LogP contribution is 2.28. The largest absolute Gasteiger partial charge is 0.388 e. The van der Waals surface area contributed by atoms with Crippen molar-refractivity contribution in [2.75, 3.05) is 11.9 Å². The second-order valence-electron chi connectivity index (χ2n) is 6.34. The number of rotatable bonds is 3. The second kappa shape index (κ2) is 6.02. The van der Waals surface area contributed by atoms with Gasteiger partial charge < -0.3 is 10.4 Å². The van der Waals surface area contributed by atoms with Crippen LogP contribution in [0.2, 0.25) is 0 Å².